The van der Waals surface area contributed by atoms with Crippen molar-refractivity contribution in [2.24, 2.45) is 0 Å². The average molecular weight is 391 g/mol. The Morgan fingerprint density at radius 1 is 1.00 bits per heavy atom. The van der Waals surface area contributed by atoms with Gasteiger partial charge in [-0.25, -0.2) is 4.98 Å². The number of carbonyl (C=O) groups excluding carboxylic acids is 1. The molecule has 1 atom stereocenters. The number of ether oxygens (including phenoxy) is 3. The first kappa shape index (κ1) is 17.6. The smallest absolute Gasteiger partial charge is 0.226 e. The van der Waals surface area contributed by atoms with Crippen LogP contribution < -0.4 is 19.5 Å². The van der Waals surface area contributed by atoms with Crippen molar-refractivity contribution >= 4 is 5.91 Å². The molecule has 3 aromatic rings. The van der Waals surface area contributed by atoms with Crippen LogP contribution in [0.3, 0.4) is 0 Å². The van der Waals surface area contributed by atoms with E-state index in [9.17, 15) is 4.79 Å². The molecule has 0 spiro atoms. The molecule has 7 nitrogen and oxygen atoms in total. The third-order valence-electron chi connectivity index (χ3n) is 5.17. The number of aromatic nitrogens is 2. The summed E-state index contributed by atoms with van der Waals surface area (Å²) in [6.07, 6.45) is 4.24. The molecule has 3 heterocycles. The Balaban J connectivity index is 1.40. The van der Waals surface area contributed by atoms with Crippen LogP contribution in [0.4, 0.5) is 0 Å². The van der Waals surface area contributed by atoms with E-state index in [2.05, 4.69) is 21.4 Å². The molecule has 2 aromatic carbocycles. The second kappa shape index (κ2) is 7.50. The summed E-state index contributed by atoms with van der Waals surface area (Å²) >= 11 is 0. The predicted molar refractivity (Wildman–Crippen MR) is 106 cm³/mol. The molecule has 2 aliphatic heterocycles. The van der Waals surface area contributed by atoms with Crippen LogP contribution in [0.1, 0.15) is 23.7 Å². The van der Waals surface area contributed by atoms with Gasteiger partial charge in [-0.3, -0.25) is 4.79 Å². The number of carbonyl (C=O) groups is 1. The Morgan fingerprint density at radius 3 is 2.59 bits per heavy atom. The SMILES string of the molecule is O=C(Cc1cnc[nH]1)NC1CCOc2ccc(-c3ccc4c(c3)OCCO4)cc21. The zero-order valence-electron chi connectivity index (χ0n) is 15.8. The first-order chi connectivity index (χ1) is 14.3. The molecule has 1 unspecified atom stereocenters. The monoisotopic (exact) mass is 391 g/mol. The highest BCUT2D eigenvalue weighted by molar-refractivity contribution is 5.79. The number of H-pyrrole nitrogens is 1. The number of hydrogen-bond donors (Lipinski definition) is 2. The van der Waals surface area contributed by atoms with Crippen LogP contribution in [0.5, 0.6) is 17.2 Å². The van der Waals surface area contributed by atoms with E-state index in [-0.39, 0.29) is 18.4 Å². The molecule has 0 bridgehead atoms. The summed E-state index contributed by atoms with van der Waals surface area (Å²) in [4.78, 5) is 19.4. The molecule has 2 N–H and O–H groups in total. The minimum atomic E-state index is -0.0914. The number of nitrogens with one attached hydrogen (secondary N) is 2. The lowest BCUT2D eigenvalue weighted by Crippen LogP contribution is -2.33. The quantitative estimate of drug-likeness (QED) is 0.714. The van der Waals surface area contributed by atoms with Crippen molar-refractivity contribution in [2.45, 2.75) is 18.9 Å². The van der Waals surface area contributed by atoms with Gasteiger partial charge in [-0.2, -0.15) is 0 Å². The Morgan fingerprint density at radius 2 is 1.76 bits per heavy atom. The Labute approximate surface area is 168 Å². The fraction of sp³-hybridized carbons (Fsp3) is 0.273. The summed E-state index contributed by atoms with van der Waals surface area (Å²) in [7, 11) is 0. The van der Waals surface area contributed by atoms with Crippen molar-refractivity contribution in [2.75, 3.05) is 19.8 Å². The molecular formula is C22H21N3O4. The predicted octanol–water partition coefficient (Wildman–Crippen LogP) is 3.03. The minimum absolute atomic E-state index is 0.0446. The zero-order chi connectivity index (χ0) is 19.6. The summed E-state index contributed by atoms with van der Waals surface area (Å²) in [6, 6.07) is 11.9. The molecule has 5 rings (SSSR count). The Hall–Kier alpha value is -3.48. The summed E-state index contributed by atoms with van der Waals surface area (Å²) in [5.41, 5.74) is 3.85. The number of rotatable bonds is 4. The molecule has 2 aliphatic rings. The first-order valence-corrected chi connectivity index (χ1v) is 9.70. The second-order valence-corrected chi connectivity index (χ2v) is 7.12. The highest BCUT2D eigenvalue weighted by atomic mass is 16.6. The molecule has 0 saturated carbocycles. The lowest BCUT2D eigenvalue weighted by atomic mass is 9.95. The molecule has 0 radical (unpaired) electrons. The number of amides is 1. The Bertz CT molecular complexity index is 1030. The van der Waals surface area contributed by atoms with E-state index in [1.807, 2.05) is 30.3 Å². The van der Waals surface area contributed by atoms with Crippen molar-refractivity contribution in [3.8, 4) is 28.4 Å². The van der Waals surface area contributed by atoms with E-state index in [0.717, 1.165) is 46.1 Å². The molecule has 1 amide bonds. The van der Waals surface area contributed by atoms with Gasteiger partial charge in [0.1, 0.15) is 19.0 Å². The van der Waals surface area contributed by atoms with Crippen molar-refractivity contribution < 1.29 is 19.0 Å². The third kappa shape index (κ3) is 3.63. The third-order valence-corrected chi connectivity index (χ3v) is 5.17. The van der Waals surface area contributed by atoms with Gasteiger partial charge in [-0.1, -0.05) is 12.1 Å². The highest BCUT2D eigenvalue weighted by Crippen LogP contribution is 2.38. The summed E-state index contributed by atoms with van der Waals surface area (Å²) in [6.45, 7) is 1.70. The average Bonchev–Trinajstić information content (AvgIpc) is 3.26. The van der Waals surface area contributed by atoms with Gasteiger partial charge in [-0.15, -0.1) is 0 Å². The summed E-state index contributed by atoms with van der Waals surface area (Å²) < 4.78 is 17.1. The molecule has 29 heavy (non-hydrogen) atoms. The maximum atomic E-state index is 12.5. The van der Waals surface area contributed by atoms with E-state index >= 15 is 0 Å². The van der Waals surface area contributed by atoms with Crippen molar-refractivity contribution in [3.63, 3.8) is 0 Å². The molecule has 0 fully saturated rings. The number of fused-ring (bicyclic) bond motifs is 2. The molecule has 1 aromatic heterocycles. The van der Waals surface area contributed by atoms with Gasteiger partial charge < -0.3 is 24.5 Å². The number of hydrogen-bond acceptors (Lipinski definition) is 5. The van der Waals surface area contributed by atoms with E-state index in [1.165, 1.54) is 0 Å². The second-order valence-electron chi connectivity index (χ2n) is 7.12. The minimum Gasteiger partial charge on any atom is -0.493 e. The number of nitrogens with zero attached hydrogens (tertiary/aromatic N) is 1. The number of imidazole rings is 1. The summed E-state index contributed by atoms with van der Waals surface area (Å²) in [5, 5.41) is 3.13. The van der Waals surface area contributed by atoms with E-state index in [0.29, 0.717) is 19.8 Å². The van der Waals surface area contributed by atoms with Gasteiger partial charge in [0.05, 0.1) is 25.4 Å². The zero-order valence-corrected chi connectivity index (χ0v) is 15.8. The maximum Gasteiger partial charge on any atom is 0.226 e. The van der Waals surface area contributed by atoms with Gasteiger partial charge in [-0.05, 0) is 35.4 Å². The van der Waals surface area contributed by atoms with Crippen LogP contribution in [-0.2, 0) is 11.2 Å². The largest absolute Gasteiger partial charge is 0.493 e. The van der Waals surface area contributed by atoms with Gasteiger partial charge in [0.2, 0.25) is 5.91 Å². The topological polar surface area (TPSA) is 85.5 Å². The van der Waals surface area contributed by atoms with E-state index < -0.39 is 0 Å². The van der Waals surface area contributed by atoms with Crippen LogP contribution in [-0.4, -0.2) is 35.7 Å². The summed E-state index contributed by atoms with van der Waals surface area (Å²) in [5.74, 6) is 2.29. The van der Waals surface area contributed by atoms with Crippen molar-refractivity contribution in [1.82, 2.24) is 15.3 Å². The van der Waals surface area contributed by atoms with Crippen LogP contribution in [0.2, 0.25) is 0 Å². The van der Waals surface area contributed by atoms with Crippen molar-refractivity contribution in [1.29, 1.82) is 0 Å². The van der Waals surface area contributed by atoms with E-state index in [4.69, 9.17) is 14.2 Å². The lowest BCUT2D eigenvalue weighted by molar-refractivity contribution is -0.121. The lowest BCUT2D eigenvalue weighted by Gasteiger charge is -2.27. The van der Waals surface area contributed by atoms with Gasteiger partial charge in [0, 0.05) is 23.9 Å². The molecule has 0 aliphatic carbocycles. The fourth-order valence-electron chi connectivity index (χ4n) is 3.75. The molecule has 0 saturated heterocycles. The maximum absolute atomic E-state index is 12.5. The standard InChI is InChI=1S/C22H21N3O4/c26-22(11-16-12-23-13-24-16)25-18-5-6-27-19-3-1-14(9-17(18)19)15-2-4-20-21(10-15)29-8-7-28-20/h1-4,9-10,12-13,18H,5-8,11H2,(H,23,24)(H,25,26). The van der Waals surface area contributed by atoms with Gasteiger partial charge in [0.25, 0.3) is 0 Å². The highest BCUT2D eigenvalue weighted by Gasteiger charge is 2.24. The molecule has 7 heteroatoms. The Kier molecular flexibility index (Phi) is 4.56. The first-order valence-electron chi connectivity index (χ1n) is 9.70. The van der Waals surface area contributed by atoms with E-state index in [1.54, 1.807) is 12.5 Å². The van der Waals surface area contributed by atoms with Gasteiger partial charge in [0.15, 0.2) is 11.5 Å². The molecular weight excluding hydrogens is 370 g/mol. The number of benzene rings is 2. The van der Waals surface area contributed by atoms with Crippen LogP contribution in [0, 0.1) is 0 Å². The fourth-order valence-corrected chi connectivity index (χ4v) is 3.75. The normalized spacial score (nSPS) is 17.2. The van der Waals surface area contributed by atoms with Crippen LogP contribution in [0.25, 0.3) is 11.1 Å². The van der Waals surface area contributed by atoms with Crippen molar-refractivity contribution in [3.05, 3.63) is 60.2 Å². The molecule has 148 valence electrons. The number of aromatic amines is 1. The van der Waals surface area contributed by atoms with Crippen LogP contribution >= 0.6 is 0 Å². The van der Waals surface area contributed by atoms with Crippen LogP contribution in [0.15, 0.2) is 48.9 Å². The van der Waals surface area contributed by atoms with Gasteiger partial charge >= 0.3 is 0 Å².